The highest BCUT2D eigenvalue weighted by Gasteiger charge is 2.22. The minimum absolute atomic E-state index is 0.0183. The summed E-state index contributed by atoms with van der Waals surface area (Å²) in [7, 11) is -4.06. The quantitative estimate of drug-likeness (QED) is 0.182. The molecule has 0 saturated heterocycles. The van der Waals surface area contributed by atoms with Gasteiger partial charge >= 0.3 is 0 Å². The van der Waals surface area contributed by atoms with Crippen molar-refractivity contribution in [3.05, 3.63) is 84.3 Å². The van der Waals surface area contributed by atoms with Crippen LogP contribution in [0.25, 0.3) is 0 Å². The Morgan fingerprint density at radius 2 is 1.76 bits per heavy atom. The van der Waals surface area contributed by atoms with Crippen LogP contribution in [0.2, 0.25) is 0 Å². The third-order valence-electron chi connectivity index (χ3n) is 4.55. The van der Waals surface area contributed by atoms with Gasteiger partial charge < -0.3 is 5.11 Å². The van der Waals surface area contributed by atoms with Gasteiger partial charge in [-0.05, 0) is 65.7 Å². The lowest BCUT2D eigenvalue weighted by molar-refractivity contribution is -0.384. The molecule has 0 saturated carbocycles. The second-order valence-electron chi connectivity index (χ2n) is 7.06. The largest absolute Gasteiger partial charge is 0.506 e. The van der Waals surface area contributed by atoms with Gasteiger partial charge in [-0.1, -0.05) is 33.6 Å². The molecule has 0 heterocycles. The summed E-state index contributed by atoms with van der Waals surface area (Å²) < 4.78 is 29.2. The van der Waals surface area contributed by atoms with Crippen molar-refractivity contribution in [1.29, 1.82) is 0 Å². The molecule has 0 amide bonds. The molecule has 0 aliphatic rings. The highest BCUT2D eigenvalue weighted by Crippen LogP contribution is 2.32. The van der Waals surface area contributed by atoms with Crippen LogP contribution >= 0.6 is 31.9 Å². The predicted molar refractivity (Wildman–Crippen MR) is 135 cm³/mol. The molecule has 9 nitrogen and oxygen atoms in total. The van der Waals surface area contributed by atoms with Gasteiger partial charge in [0, 0.05) is 16.1 Å². The first-order valence-corrected chi connectivity index (χ1v) is 12.4. The van der Waals surface area contributed by atoms with E-state index >= 15 is 0 Å². The van der Waals surface area contributed by atoms with Crippen LogP contribution in [0.1, 0.15) is 16.7 Å². The summed E-state index contributed by atoms with van der Waals surface area (Å²) in [4.78, 5) is 10.6. The summed E-state index contributed by atoms with van der Waals surface area (Å²) in [6.45, 7) is 3.65. The zero-order chi connectivity index (χ0) is 24.3. The Labute approximate surface area is 207 Å². The van der Waals surface area contributed by atoms with E-state index in [1.807, 2.05) is 13.0 Å². The van der Waals surface area contributed by atoms with E-state index in [4.69, 9.17) is 0 Å². The number of benzene rings is 3. The number of aromatic hydroxyl groups is 1. The normalized spacial score (nSPS) is 11.5. The third kappa shape index (κ3) is 5.89. The first kappa shape index (κ1) is 24.7. The van der Waals surface area contributed by atoms with Gasteiger partial charge in [-0.15, -0.1) is 0 Å². The number of phenols is 1. The van der Waals surface area contributed by atoms with Crippen molar-refractivity contribution in [3.63, 3.8) is 0 Å². The third-order valence-corrected chi connectivity index (χ3v) is 6.97. The molecule has 0 aliphatic heterocycles. The van der Waals surface area contributed by atoms with E-state index in [2.05, 4.69) is 47.1 Å². The number of hydrogen-bond acceptors (Lipinski definition) is 7. The minimum atomic E-state index is -4.06. The SMILES string of the molecule is Cc1ccc(NS(=O)(=O)c2ccc(NN=Cc3cc(Br)cc(Br)c3O)c([N+](=O)[O-])c2)c(C)c1. The molecule has 0 atom stereocenters. The summed E-state index contributed by atoms with van der Waals surface area (Å²) >= 11 is 6.51. The Bertz CT molecular complexity index is 1380. The average Bonchev–Trinajstić information content (AvgIpc) is 2.73. The lowest BCUT2D eigenvalue weighted by atomic mass is 10.1. The van der Waals surface area contributed by atoms with Crippen molar-refractivity contribution >= 4 is 65.2 Å². The monoisotopic (exact) mass is 596 g/mol. The molecule has 0 spiro atoms. The molecule has 0 fully saturated rings. The number of hydrazone groups is 1. The average molecular weight is 598 g/mol. The van der Waals surface area contributed by atoms with Gasteiger partial charge in [0.25, 0.3) is 15.7 Å². The van der Waals surface area contributed by atoms with E-state index in [1.165, 1.54) is 18.3 Å². The number of rotatable bonds is 7. The fraction of sp³-hybridized carbons (Fsp3) is 0.0952. The molecule has 3 N–H and O–H groups in total. The summed E-state index contributed by atoms with van der Waals surface area (Å²) in [5.74, 6) is -0.0582. The first-order valence-electron chi connectivity index (χ1n) is 9.33. The van der Waals surface area contributed by atoms with Crippen LogP contribution < -0.4 is 10.1 Å². The minimum Gasteiger partial charge on any atom is -0.506 e. The number of nitro groups is 1. The molecule has 0 aromatic heterocycles. The number of hydrogen-bond donors (Lipinski definition) is 3. The zero-order valence-corrected chi connectivity index (χ0v) is 21.3. The summed E-state index contributed by atoms with van der Waals surface area (Å²) in [5, 5.41) is 25.6. The summed E-state index contributed by atoms with van der Waals surface area (Å²) in [5.41, 5.74) is 4.47. The molecular formula is C21H18Br2N4O5S. The van der Waals surface area contributed by atoms with Crippen molar-refractivity contribution < 1.29 is 18.4 Å². The van der Waals surface area contributed by atoms with E-state index in [1.54, 1.807) is 31.2 Å². The van der Waals surface area contributed by atoms with Crippen molar-refractivity contribution in [2.24, 2.45) is 5.10 Å². The Morgan fingerprint density at radius 1 is 1.06 bits per heavy atom. The fourth-order valence-electron chi connectivity index (χ4n) is 2.91. The molecular weight excluding hydrogens is 580 g/mol. The van der Waals surface area contributed by atoms with Gasteiger partial charge in [0.1, 0.15) is 11.4 Å². The van der Waals surface area contributed by atoms with E-state index in [-0.39, 0.29) is 16.3 Å². The maximum atomic E-state index is 12.8. The number of nitrogens with zero attached hydrogens (tertiary/aromatic N) is 2. The molecule has 3 aromatic rings. The predicted octanol–water partition coefficient (Wildman–Crippen LogP) is 5.69. The number of aryl methyl sites for hydroxylation is 2. The second kappa shape index (κ2) is 9.89. The standard InChI is InChI=1S/C21H18Br2N4O5S/c1-12-3-5-18(13(2)7-12)26-33(31,32)16-4-6-19(20(10-16)27(29)30)25-24-11-14-8-15(22)9-17(23)21(14)28/h3-11,25-26,28H,1-2H3. The maximum Gasteiger partial charge on any atom is 0.295 e. The van der Waals surface area contributed by atoms with E-state index in [0.717, 1.165) is 17.2 Å². The van der Waals surface area contributed by atoms with Gasteiger partial charge in [0.05, 0.1) is 26.2 Å². The molecule has 12 heteroatoms. The lowest BCUT2D eigenvalue weighted by Crippen LogP contribution is -2.14. The van der Waals surface area contributed by atoms with E-state index in [0.29, 0.717) is 20.2 Å². The fourth-order valence-corrected chi connectivity index (χ4v) is 5.32. The second-order valence-corrected chi connectivity index (χ2v) is 10.5. The molecule has 0 aliphatic carbocycles. The van der Waals surface area contributed by atoms with Gasteiger partial charge in [-0.2, -0.15) is 5.10 Å². The Kier molecular flexibility index (Phi) is 7.40. The number of halogens is 2. The highest BCUT2D eigenvalue weighted by atomic mass is 79.9. The van der Waals surface area contributed by atoms with Crippen LogP contribution in [0, 0.1) is 24.0 Å². The van der Waals surface area contributed by atoms with Gasteiger partial charge in [0.2, 0.25) is 0 Å². The first-order chi connectivity index (χ1) is 15.5. The molecule has 0 radical (unpaired) electrons. The van der Waals surface area contributed by atoms with Crippen molar-refractivity contribution in [2.75, 3.05) is 10.1 Å². The Balaban J connectivity index is 1.88. The number of nitrogens with one attached hydrogen (secondary N) is 2. The van der Waals surface area contributed by atoms with Crippen LogP contribution in [0.15, 0.2) is 67.5 Å². The summed E-state index contributed by atoms with van der Waals surface area (Å²) in [6.07, 6.45) is 1.28. The van der Waals surface area contributed by atoms with Crippen molar-refractivity contribution in [2.45, 2.75) is 18.7 Å². The van der Waals surface area contributed by atoms with Crippen LogP contribution in [0.5, 0.6) is 5.75 Å². The zero-order valence-electron chi connectivity index (χ0n) is 17.3. The Hall–Kier alpha value is -2.96. The van der Waals surface area contributed by atoms with Crippen molar-refractivity contribution in [3.8, 4) is 5.75 Å². The van der Waals surface area contributed by atoms with Crippen LogP contribution in [-0.4, -0.2) is 24.7 Å². The van der Waals surface area contributed by atoms with Crippen molar-refractivity contribution in [1.82, 2.24) is 0 Å². The number of nitro benzene ring substituents is 1. The maximum absolute atomic E-state index is 12.8. The van der Waals surface area contributed by atoms with Crippen LogP contribution in [0.4, 0.5) is 17.1 Å². The van der Waals surface area contributed by atoms with E-state index < -0.39 is 20.6 Å². The van der Waals surface area contributed by atoms with Gasteiger partial charge in [0.15, 0.2) is 0 Å². The topological polar surface area (TPSA) is 134 Å². The molecule has 3 rings (SSSR count). The number of sulfonamides is 1. The van der Waals surface area contributed by atoms with Crippen LogP contribution in [0.3, 0.4) is 0 Å². The number of anilines is 2. The number of phenolic OH excluding ortho intramolecular Hbond substituents is 1. The van der Waals surface area contributed by atoms with Crippen LogP contribution in [-0.2, 0) is 10.0 Å². The highest BCUT2D eigenvalue weighted by molar-refractivity contribution is 9.11. The molecule has 172 valence electrons. The van der Waals surface area contributed by atoms with Gasteiger partial charge in [-0.3, -0.25) is 20.3 Å². The van der Waals surface area contributed by atoms with Gasteiger partial charge in [-0.25, -0.2) is 8.42 Å². The lowest BCUT2D eigenvalue weighted by Gasteiger charge is -2.12. The molecule has 0 unspecified atom stereocenters. The molecule has 3 aromatic carbocycles. The molecule has 33 heavy (non-hydrogen) atoms. The smallest absolute Gasteiger partial charge is 0.295 e. The molecule has 0 bridgehead atoms. The summed E-state index contributed by atoms with van der Waals surface area (Å²) in [6, 6.07) is 11.9. The Morgan fingerprint density at radius 3 is 2.42 bits per heavy atom. The van der Waals surface area contributed by atoms with E-state index in [9.17, 15) is 23.6 Å².